The number of carbonyl (C=O) groups is 1. The van der Waals surface area contributed by atoms with Gasteiger partial charge in [-0.05, 0) is 42.5 Å². The van der Waals surface area contributed by atoms with E-state index in [0.29, 0.717) is 33.1 Å². The van der Waals surface area contributed by atoms with Gasteiger partial charge in [0.25, 0.3) is 5.91 Å². The standard InChI is InChI=1S/C18H14Cl2N4O2/c19-12-6-7-14(20)15(10-12)21-16-8-9-17(24-23-16)22-18(25)11-26-13-4-2-1-3-5-13/h1-10H,11H2,(H,21,23)(H,22,24,25). The third kappa shape index (κ3) is 5.08. The van der Waals surface area contributed by atoms with E-state index in [1.165, 1.54) is 0 Å². The smallest absolute Gasteiger partial charge is 0.263 e. The summed E-state index contributed by atoms with van der Waals surface area (Å²) in [6.07, 6.45) is 0. The zero-order valence-electron chi connectivity index (χ0n) is 13.4. The summed E-state index contributed by atoms with van der Waals surface area (Å²) in [7, 11) is 0. The summed E-state index contributed by atoms with van der Waals surface area (Å²) >= 11 is 12.0. The maximum atomic E-state index is 11.9. The van der Waals surface area contributed by atoms with E-state index in [2.05, 4.69) is 20.8 Å². The predicted molar refractivity (Wildman–Crippen MR) is 102 cm³/mol. The number of hydrogen-bond donors (Lipinski definition) is 2. The zero-order chi connectivity index (χ0) is 18.4. The zero-order valence-corrected chi connectivity index (χ0v) is 15.0. The molecular formula is C18H14Cl2N4O2. The van der Waals surface area contributed by atoms with Gasteiger partial charge in [-0.1, -0.05) is 41.4 Å². The summed E-state index contributed by atoms with van der Waals surface area (Å²) in [4.78, 5) is 11.9. The Morgan fingerprint density at radius 1 is 0.962 bits per heavy atom. The average Bonchev–Trinajstić information content (AvgIpc) is 2.65. The predicted octanol–water partition coefficient (Wildman–Crippen LogP) is 4.54. The molecule has 2 N–H and O–H groups in total. The van der Waals surface area contributed by atoms with E-state index >= 15 is 0 Å². The molecule has 6 nitrogen and oxygen atoms in total. The first-order chi connectivity index (χ1) is 12.6. The number of nitrogens with zero attached hydrogens (tertiary/aromatic N) is 2. The normalized spacial score (nSPS) is 10.2. The van der Waals surface area contributed by atoms with E-state index in [0.717, 1.165) is 0 Å². The molecule has 26 heavy (non-hydrogen) atoms. The SMILES string of the molecule is O=C(COc1ccccc1)Nc1ccc(Nc2cc(Cl)ccc2Cl)nn1. The molecule has 8 heteroatoms. The Balaban J connectivity index is 1.55. The van der Waals surface area contributed by atoms with Gasteiger partial charge in [0, 0.05) is 5.02 Å². The number of carbonyl (C=O) groups excluding carboxylic acids is 1. The van der Waals surface area contributed by atoms with Crippen LogP contribution >= 0.6 is 23.2 Å². The summed E-state index contributed by atoms with van der Waals surface area (Å²) in [6.45, 7) is -0.121. The molecule has 0 bridgehead atoms. The minimum atomic E-state index is -0.332. The van der Waals surface area contributed by atoms with Gasteiger partial charge in [0.1, 0.15) is 5.75 Å². The Hall–Kier alpha value is -2.83. The molecule has 0 aliphatic heterocycles. The molecule has 0 aliphatic rings. The first kappa shape index (κ1) is 18.0. The quantitative estimate of drug-likeness (QED) is 0.647. The fourth-order valence-corrected chi connectivity index (χ4v) is 2.38. The van der Waals surface area contributed by atoms with Crippen LogP contribution in [0.3, 0.4) is 0 Å². The van der Waals surface area contributed by atoms with Gasteiger partial charge in [-0.25, -0.2) is 0 Å². The first-order valence-electron chi connectivity index (χ1n) is 7.64. The van der Waals surface area contributed by atoms with E-state index in [1.54, 1.807) is 42.5 Å². The Morgan fingerprint density at radius 2 is 1.69 bits per heavy atom. The molecule has 0 atom stereocenters. The molecule has 1 amide bonds. The van der Waals surface area contributed by atoms with Crippen molar-refractivity contribution in [1.82, 2.24) is 10.2 Å². The van der Waals surface area contributed by atoms with Gasteiger partial charge in [-0.3, -0.25) is 4.79 Å². The van der Waals surface area contributed by atoms with Gasteiger partial charge in [0.15, 0.2) is 18.2 Å². The second-order valence-corrected chi connectivity index (χ2v) is 6.05. The lowest BCUT2D eigenvalue weighted by Crippen LogP contribution is -2.21. The third-order valence-corrected chi connectivity index (χ3v) is 3.80. The number of hydrogen-bond acceptors (Lipinski definition) is 5. The minimum absolute atomic E-state index is 0.121. The van der Waals surface area contributed by atoms with Crippen molar-refractivity contribution in [2.24, 2.45) is 0 Å². The summed E-state index contributed by atoms with van der Waals surface area (Å²) in [5.41, 5.74) is 0.613. The van der Waals surface area contributed by atoms with E-state index in [1.807, 2.05) is 18.2 Å². The molecule has 3 aromatic rings. The molecule has 0 spiro atoms. The van der Waals surface area contributed by atoms with Crippen molar-refractivity contribution in [2.45, 2.75) is 0 Å². The molecule has 1 heterocycles. The van der Waals surface area contributed by atoms with Crippen LogP contribution in [0.25, 0.3) is 0 Å². The largest absolute Gasteiger partial charge is 0.484 e. The second-order valence-electron chi connectivity index (χ2n) is 5.20. The second kappa shape index (κ2) is 8.51. The fraction of sp³-hybridized carbons (Fsp3) is 0.0556. The topological polar surface area (TPSA) is 76.1 Å². The van der Waals surface area contributed by atoms with Crippen LogP contribution in [0.5, 0.6) is 5.75 Å². The molecule has 3 rings (SSSR count). The van der Waals surface area contributed by atoms with Crippen LogP contribution in [-0.2, 0) is 4.79 Å². The van der Waals surface area contributed by atoms with Crippen LogP contribution in [-0.4, -0.2) is 22.7 Å². The number of nitrogens with one attached hydrogen (secondary N) is 2. The van der Waals surface area contributed by atoms with Gasteiger partial charge in [0.2, 0.25) is 0 Å². The van der Waals surface area contributed by atoms with Crippen molar-refractivity contribution in [2.75, 3.05) is 17.2 Å². The number of anilines is 3. The Bertz CT molecular complexity index is 889. The lowest BCUT2D eigenvalue weighted by Gasteiger charge is -2.09. The van der Waals surface area contributed by atoms with E-state index in [-0.39, 0.29) is 12.5 Å². The highest BCUT2D eigenvalue weighted by atomic mass is 35.5. The monoisotopic (exact) mass is 388 g/mol. The van der Waals surface area contributed by atoms with Crippen molar-refractivity contribution in [3.63, 3.8) is 0 Å². The number of rotatable bonds is 6. The lowest BCUT2D eigenvalue weighted by molar-refractivity contribution is -0.118. The molecule has 0 radical (unpaired) electrons. The van der Waals surface area contributed by atoms with Crippen LogP contribution in [0.1, 0.15) is 0 Å². The maximum Gasteiger partial charge on any atom is 0.263 e. The van der Waals surface area contributed by atoms with E-state index in [4.69, 9.17) is 27.9 Å². The minimum Gasteiger partial charge on any atom is -0.484 e. The highest BCUT2D eigenvalue weighted by Crippen LogP contribution is 2.27. The molecule has 1 aromatic heterocycles. The Kier molecular flexibility index (Phi) is 5.88. The van der Waals surface area contributed by atoms with Gasteiger partial charge < -0.3 is 15.4 Å². The summed E-state index contributed by atoms with van der Waals surface area (Å²) in [5.74, 6) is 1.07. The summed E-state index contributed by atoms with van der Waals surface area (Å²) < 4.78 is 5.37. The van der Waals surface area contributed by atoms with Gasteiger partial charge in [0.05, 0.1) is 10.7 Å². The summed E-state index contributed by atoms with van der Waals surface area (Å²) in [6, 6.07) is 17.4. The fourth-order valence-electron chi connectivity index (χ4n) is 2.04. The van der Waals surface area contributed by atoms with Crippen LogP contribution in [0.15, 0.2) is 60.7 Å². The van der Waals surface area contributed by atoms with Crippen LogP contribution in [0.4, 0.5) is 17.3 Å². The van der Waals surface area contributed by atoms with Crippen molar-refractivity contribution in [1.29, 1.82) is 0 Å². The van der Waals surface area contributed by atoms with Crippen LogP contribution in [0.2, 0.25) is 10.0 Å². The van der Waals surface area contributed by atoms with Gasteiger partial charge in [-0.15, -0.1) is 10.2 Å². The number of ether oxygens (including phenoxy) is 1. The third-order valence-electron chi connectivity index (χ3n) is 3.24. The number of para-hydroxylation sites is 1. The molecule has 132 valence electrons. The summed E-state index contributed by atoms with van der Waals surface area (Å²) in [5, 5.41) is 14.6. The van der Waals surface area contributed by atoms with Gasteiger partial charge in [-0.2, -0.15) is 0 Å². The lowest BCUT2D eigenvalue weighted by atomic mass is 10.3. The van der Waals surface area contributed by atoms with Crippen molar-refractivity contribution < 1.29 is 9.53 Å². The number of amides is 1. The van der Waals surface area contributed by atoms with Crippen molar-refractivity contribution in [3.8, 4) is 5.75 Å². The molecule has 0 saturated carbocycles. The first-order valence-corrected chi connectivity index (χ1v) is 8.39. The molecule has 0 fully saturated rings. The number of halogens is 2. The average molecular weight is 389 g/mol. The molecule has 2 aromatic carbocycles. The van der Waals surface area contributed by atoms with Crippen LogP contribution < -0.4 is 15.4 Å². The molecule has 0 aliphatic carbocycles. The highest BCUT2D eigenvalue weighted by molar-refractivity contribution is 6.35. The molecule has 0 saturated heterocycles. The number of aromatic nitrogens is 2. The van der Waals surface area contributed by atoms with E-state index < -0.39 is 0 Å². The van der Waals surface area contributed by atoms with E-state index in [9.17, 15) is 4.79 Å². The Morgan fingerprint density at radius 3 is 2.42 bits per heavy atom. The molecule has 0 unspecified atom stereocenters. The Labute approximate surface area is 160 Å². The van der Waals surface area contributed by atoms with Gasteiger partial charge >= 0.3 is 0 Å². The van der Waals surface area contributed by atoms with Crippen LogP contribution in [0, 0.1) is 0 Å². The molecular weight excluding hydrogens is 375 g/mol. The number of benzene rings is 2. The van der Waals surface area contributed by atoms with Crippen molar-refractivity contribution >= 4 is 46.4 Å². The highest BCUT2D eigenvalue weighted by Gasteiger charge is 2.07. The van der Waals surface area contributed by atoms with Crippen molar-refractivity contribution in [3.05, 3.63) is 70.7 Å². The maximum absolute atomic E-state index is 11.9.